The Kier molecular flexibility index (Phi) is 3.39. The van der Waals surface area contributed by atoms with Gasteiger partial charge in [-0.3, -0.25) is 0 Å². The second kappa shape index (κ2) is 5.57. The first-order valence-electron chi connectivity index (χ1n) is 7.92. The molecule has 0 N–H and O–H groups in total. The van der Waals surface area contributed by atoms with Gasteiger partial charge in [-0.25, -0.2) is 4.98 Å². The van der Waals surface area contributed by atoms with E-state index in [4.69, 9.17) is 19.7 Å². The van der Waals surface area contributed by atoms with E-state index in [0.29, 0.717) is 13.0 Å². The lowest BCUT2D eigenvalue weighted by Crippen LogP contribution is -2.00. The summed E-state index contributed by atoms with van der Waals surface area (Å²) in [5.74, 6) is 2.34. The van der Waals surface area contributed by atoms with E-state index >= 15 is 0 Å². The molecule has 0 saturated carbocycles. The third-order valence-electron chi connectivity index (χ3n) is 4.44. The molecule has 3 aromatic rings. The van der Waals surface area contributed by atoms with Gasteiger partial charge in [0.2, 0.25) is 6.79 Å². The van der Waals surface area contributed by atoms with Crippen LogP contribution in [0.3, 0.4) is 0 Å². The maximum absolute atomic E-state index is 9.00. The average molecular weight is 319 g/mol. The lowest BCUT2D eigenvalue weighted by atomic mass is 10.1. The Morgan fingerprint density at radius 3 is 2.75 bits per heavy atom. The van der Waals surface area contributed by atoms with Crippen molar-refractivity contribution in [1.82, 2.24) is 9.55 Å². The molecule has 1 aliphatic heterocycles. The number of imidazole rings is 1. The van der Waals surface area contributed by atoms with Crippen molar-refractivity contribution >= 4 is 11.0 Å². The highest BCUT2D eigenvalue weighted by molar-refractivity contribution is 5.82. The number of rotatable bonds is 3. The summed E-state index contributed by atoms with van der Waals surface area (Å²) in [6, 6.07) is 12.3. The van der Waals surface area contributed by atoms with Crippen LogP contribution in [0.25, 0.3) is 22.4 Å². The fourth-order valence-electron chi connectivity index (χ4n) is 3.02. The van der Waals surface area contributed by atoms with Gasteiger partial charge in [0.1, 0.15) is 5.82 Å². The number of nitriles is 1. The zero-order chi connectivity index (χ0) is 16.7. The summed E-state index contributed by atoms with van der Waals surface area (Å²) in [7, 11) is 0. The number of aromatic nitrogens is 2. The number of fused-ring (bicyclic) bond motifs is 2. The summed E-state index contributed by atoms with van der Waals surface area (Å²) >= 11 is 0. The minimum atomic E-state index is 0.252. The van der Waals surface area contributed by atoms with Crippen LogP contribution in [-0.2, 0) is 6.54 Å². The van der Waals surface area contributed by atoms with E-state index in [1.165, 1.54) is 11.1 Å². The molecule has 1 aliphatic rings. The molecule has 0 bridgehead atoms. The van der Waals surface area contributed by atoms with Gasteiger partial charge in [0, 0.05) is 12.1 Å². The van der Waals surface area contributed by atoms with Crippen molar-refractivity contribution < 1.29 is 9.47 Å². The SMILES string of the molecule is Cc1cc2nc(-c3ccc4c(c3)OCO4)n(CCC#N)c2cc1C. The predicted octanol–water partition coefficient (Wildman–Crippen LogP) is 3.96. The smallest absolute Gasteiger partial charge is 0.231 e. The lowest BCUT2D eigenvalue weighted by Gasteiger charge is -2.08. The Morgan fingerprint density at radius 2 is 1.92 bits per heavy atom. The number of nitrogens with zero attached hydrogens (tertiary/aromatic N) is 3. The fourth-order valence-corrected chi connectivity index (χ4v) is 3.02. The van der Waals surface area contributed by atoms with Crippen molar-refractivity contribution in [1.29, 1.82) is 5.26 Å². The molecule has 5 heteroatoms. The maximum Gasteiger partial charge on any atom is 0.231 e. The van der Waals surface area contributed by atoms with Gasteiger partial charge in [0.25, 0.3) is 0 Å². The van der Waals surface area contributed by atoms with Gasteiger partial charge in [-0.2, -0.15) is 5.26 Å². The van der Waals surface area contributed by atoms with Gasteiger partial charge in [-0.15, -0.1) is 0 Å². The molecule has 4 rings (SSSR count). The van der Waals surface area contributed by atoms with Crippen LogP contribution < -0.4 is 9.47 Å². The summed E-state index contributed by atoms with van der Waals surface area (Å²) < 4.78 is 13.0. The van der Waals surface area contributed by atoms with E-state index < -0.39 is 0 Å². The number of benzene rings is 2. The summed E-state index contributed by atoms with van der Waals surface area (Å²) in [5, 5.41) is 9.00. The maximum atomic E-state index is 9.00. The van der Waals surface area contributed by atoms with Gasteiger partial charge in [-0.05, 0) is 55.3 Å². The highest BCUT2D eigenvalue weighted by Crippen LogP contribution is 2.36. The zero-order valence-electron chi connectivity index (χ0n) is 13.7. The molecule has 120 valence electrons. The zero-order valence-corrected chi connectivity index (χ0v) is 13.7. The molecule has 0 spiro atoms. The second-order valence-corrected chi connectivity index (χ2v) is 5.99. The van der Waals surface area contributed by atoms with Crippen LogP contribution in [0.1, 0.15) is 17.5 Å². The van der Waals surface area contributed by atoms with Gasteiger partial charge in [-0.1, -0.05) is 0 Å². The second-order valence-electron chi connectivity index (χ2n) is 5.99. The minimum Gasteiger partial charge on any atom is -0.454 e. The van der Waals surface area contributed by atoms with Gasteiger partial charge >= 0.3 is 0 Å². The molecule has 0 aliphatic carbocycles. The molecule has 0 radical (unpaired) electrons. The van der Waals surface area contributed by atoms with Crippen LogP contribution in [0.5, 0.6) is 11.5 Å². The largest absolute Gasteiger partial charge is 0.454 e. The number of aryl methyl sites for hydroxylation is 3. The summed E-state index contributed by atoms with van der Waals surface area (Å²) in [4.78, 5) is 4.82. The van der Waals surface area contributed by atoms with E-state index in [-0.39, 0.29) is 6.79 Å². The Balaban J connectivity index is 1.92. The first-order chi connectivity index (χ1) is 11.7. The summed E-state index contributed by atoms with van der Waals surface area (Å²) in [5.41, 5.74) is 5.40. The fraction of sp³-hybridized carbons (Fsp3) is 0.263. The van der Waals surface area contributed by atoms with Gasteiger partial charge in [0.05, 0.1) is 23.5 Å². The summed E-state index contributed by atoms with van der Waals surface area (Å²) in [6.07, 6.45) is 0.440. The Hall–Kier alpha value is -3.00. The van der Waals surface area contributed by atoms with E-state index in [9.17, 15) is 0 Å². The van der Waals surface area contributed by atoms with Gasteiger partial charge in [0.15, 0.2) is 11.5 Å². The van der Waals surface area contributed by atoms with Crippen molar-refractivity contribution in [3.05, 3.63) is 41.5 Å². The standard InChI is InChI=1S/C19H17N3O2/c1-12-8-15-16(9-13(12)2)22(7-3-6-20)19(21-15)14-4-5-17-18(10-14)24-11-23-17/h4-5,8-10H,3,7,11H2,1-2H3. The molecule has 0 saturated heterocycles. The molecule has 24 heavy (non-hydrogen) atoms. The number of hydrogen-bond acceptors (Lipinski definition) is 4. The van der Waals surface area contributed by atoms with Crippen LogP contribution in [0.2, 0.25) is 0 Å². The first-order valence-corrected chi connectivity index (χ1v) is 7.92. The van der Waals surface area contributed by atoms with Crippen molar-refractivity contribution in [3.8, 4) is 29.0 Å². The molecule has 0 amide bonds. The monoisotopic (exact) mass is 319 g/mol. The highest BCUT2D eigenvalue weighted by atomic mass is 16.7. The lowest BCUT2D eigenvalue weighted by molar-refractivity contribution is 0.174. The Labute approximate surface area is 140 Å². The van der Waals surface area contributed by atoms with Crippen LogP contribution in [0.4, 0.5) is 0 Å². The number of ether oxygens (including phenoxy) is 2. The third kappa shape index (κ3) is 2.28. The van der Waals surface area contributed by atoms with Gasteiger partial charge < -0.3 is 14.0 Å². The van der Waals surface area contributed by atoms with Crippen molar-refractivity contribution in [2.24, 2.45) is 0 Å². The molecule has 0 atom stereocenters. The van der Waals surface area contributed by atoms with Crippen molar-refractivity contribution in [2.45, 2.75) is 26.8 Å². The predicted molar refractivity (Wildman–Crippen MR) is 91.0 cm³/mol. The molecule has 1 aromatic heterocycles. The number of hydrogen-bond donors (Lipinski definition) is 0. The van der Waals surface area contributed by atoms with Crippen LogP contribution in [0.15, 0.2) is 30.3 Å². The highest BCUT2D eigenvalue weighted by Gasteiger charge is 2.18. The van der Waals surface area contributed by atoms with Crippen LogP contribution >= 0.6 is 0 Å². The normalized spacial score (nSPS) is 12.5. The topological polar surface area (TPSA) is 60.1 Å². The quantitative estimate of drug-likeness (QED) is 0.733. The molecule has 0 fully saturated rings. The van der Waals surface area contributed by atoms with E-state index in [1.807, 2.05) is 18.2 Å². The van der Waals surface area contributed by atoms with Crippen LogP contribution in [0, 0.1) is 25.2 Å². The van der Waals surface area contributed by atoms with Crippen LogP contribution in [-0.4, -0.2) is 16.3 Å². The Morgan fingerprint density at radius 1 is 1.12 bits per heavy atom. The molecule has 2 aromatic carbocycles. The first kappa shape index (κ1) is 14.6. The van der Waals surface area contributed by atoms with Crippen molar-refractivity contribution in [3.63, 3.8) is 0 Å². The van der Waals surface area contributed by atoms with E-state index in [0.717, 1.165) is 33.9 Å². The van der Waals surface area contributed by atoms with Crippen molar-refractivity contribution in [2.75, 3.05) is 6.79 Å². The third-order valence-corrected chi connectivity index (χ3v) is 4.44. The molecule has 5 nitrogen and oxygen atoms in total. The van der Waals surface area contributed by atoms with E-state index in [2.05, 4.69) is 36.6 Å². The minimum absolute atomic E-state index is 0.252. The molecular weight excluding hydrogens is 302 g/mol. The molecular formula is C19H17N3O2. The average Bonchev–Trinajstić information content (AvgIpc) is 3.17. The Bertz CT molecular complexity index is 982. The molecule has 2 heterocycles. The molecule has 0 unspecified atom stereocenters. The van der Waals surface area contributed by atoms with E-state index in [1.54, 1.807) is 0 Å². The summed E-state index contributed by atoms with van der Waals surface area (Å²) in [6.45, 7) is 5.04.